The van der Waals surface area contributed by atoms with Crippen molar-refractivity contribution in [2.45, 2.75) is 62.6 Å². The van der Waals surface area contributed by atoms with Crippen molar-refractivity contribution < 1.29 is 38.7 Å². The molecule has 0 aliphatic carbocycles. The molecule has 0 aliphatic rings. The van der Waals surface area contributed by atoms with Crippen molar-refractivity contribution in [3.05, 3.63) is 71.8 Å². The summed E-state index contributed by atoms with van der Waals surface area (Å²) in [6.07, 6.45) is 6.33. The molecule has 0 radical (unpaired) electrons. The molecule has 2 rings (SSSR count). The van der Waals surface area contributed by atoms with Crippen LogP contribution in [0.25, 0.3) is 0 Å². The third kappa shape index (κ3) is 8.36. The van der Waals surface area contributed by atoms with Crippen LogP contribution in [0.15, 0.2) is 60.7 Å². The van der Waals surface area contributed by atoms with Gasteiger partial charge in [-0.15, -0.1) is 0 Å². The van der Waals surface area contributed by atoms with Crippen molar-refractivity contribution in [3.8, 4) is 0 Å². The van der Waals surface area contributed by atoms with E-state index in [1.54, 1.807) is 50.6 Å². The van der Waals surface area contributed by atoms with E-state index in [-0.39, 0.29) is 24.3 Å². The fraction of sp³-hybridized carbons (Fsp3) is 0.533. The summed E-state index contributed by atoms with van der Waals surface area (Å²) in [4.78, 5) is 27.1. The van der Waals surface area contributed by atoms with E-state index < -0.39 is 23.1 Å². The van der Waals surface area contributed by atoms with E-state index in [4.69, 9.17) is 18.9 Å². The van der Waals surface area contributed by atoms with Crippen molar-refractivity contribution in [3.63, 3.8) is 0 Å². The maximum absolute atomic E-state index is 13.5. The molecule has 0 saturated heterocycles. The van der Waals surface area contributed by atoms with E-state index >= 15 is 0 Å². The molecule has 2 unspecified atom stereocenters. The molecule has 0 bridgehead atoms. The van der Waals surface area contributed by atoms with Crippen LogP contribution >= 0.6 is 0 Å². The van der Waals surface area contributed by atoms with Crippen LogP contribution in [0.5, 0.6) is 0 Å². The number of hydrogen-bond donors (Lipinski definition) is 2. The van der Waals surface area contributed by atoms with Crippen molar-refractivity contribution in [2.75, 3.05) is 40.6 Å². The van der Waals surface area contributed by atoms with Gasteiger partial charge < -0.3 is 29.2 Å². The lowest BCUT2D eigenvalue weighted by Gasteiger charge is -2.40. The summed E-state index contributed by atoms with van der Waals surface area (Å²) in [5.74, 6) is -2.24. The first-order valence-electron chi connectivity index (χ1n) is 13.3. The van der Waals surface area contributed by atoms with Crippen LogP contribution in [0.2, 0.25) is 0 Å². The van der Waals surface area contributed by atoms with Gasteiger partial charge in [0.1, 0.15) is 0 Å². The molecule has 2 atom stereocenters. The number of benzene rings is 2. The first kappa shape index (κ1) is 31.4. The molecule has 0 spiro atoms. The zero-order valence-electron chi connectivity index (χ0n) is 22.6. The Hall–Kier alpha value is -2.78. The van der Waals surface area contributed by atoms with Gasteiger partial charge in [-0.05, 0) is 49.7 Å². The van der Waals surface area contributed by atoms with Gasteiger partial charge in [-0.25, -0.2) is 9.59 Å². The lowest BCUT2D eigenvalue weighted by atomic mass is 9.73. The summed E-state index contributed by atoms with van der Waals surface area (Å²) in [5.41, 5.74) is -5.46. The molecule has 8 nitrogen and oxygen atoms in total. The molecule has 2 aromatic carbocycles. The van der Waals surface area contributed by atoms with Crippen LogP contribution in [0, 0.1) is 0 Å². The minimum absolute atomic E-state index is 0.0213. The number of ether oxygens (including phenoxy) is 4. The van der Waals surface area contributed by atoms with E-state index in [1.165, 1.54) is 24.3 Å². The molecule has 0 fully saturated rings. The second kappa shape index (κ2) is 16.9. The molecule has 38 heavy (non-hydrogen) atoms. The van der Waals surface area contributed by atoms with Crippen LogP contribution in [-0.4, -0.2) is 62.8 Å². The van der Waals surface area contributed by atoms with E-state index in [0.29, 0.717) is 26.1 Å². The number of esters is 2. The van der Waals surface area contributed by atoms with Gasteiger partial charge in [-0.1, -0.05) is 73.5 Å². The number of carbonyl (C=O) groups excluding carboxylic acids is 2. The van der Waals surface area contributed by atoms with Crippen molar-refractivity contribution in [1.29, 1.82) is 0 Å². The Balaban J connectivity index is 2.28. The average molecular weight is 531 g/mol. The lowest BCUT2D eigenvalue weighted by Crippen LogP contribution is -2.60. The van der Waals surface area contributed by atoms with Crippen LogP contribution < -0.4 is 0 Å². The molecular formula is C30H42O8. The standard InChI is InChI=1S/C30H42O8/c1-35-21-13-3-5-15-23-37-27(31)29(33,25-17-9-7-10-18-25)30(34,26-19-11-8-12-20-26)28(32)38-24-16-6-4-14-22-36-2/h7-12,17-20,33-34H,3-6,13-16,21-24H2,1-2H3. The summed E-state index contributed by atoms with van der Waals surface area (Å²) >= 11 is 0. The van der Waals surface area contributed by atoms with Crippen molar-refractivity contribution >= 4 is 11.9 Å². The maximum atomic E-state index is 13.5. The molecular weight excluding hydrogens is 488 g/mol. The highest BCUT2D eigenvalue weighted by Crippen LogP contribution is 2.43. The van der Waals surface area contributed by atoms with Crippen LogP contribution in [0.4, 0.5) is 0 Å². The number of rotatable bonds is 19. The largest absolute Gasteiger partial charge is 0.463 e. The predicted octanol–water partition coefficient (Wildman–Crippen LogP) is 4.26. The summed E-state index contributed by atoms with van der Waals surface area (Å²) in [7, 11) is 3.29. The first-order chi connectivity index (χ1) is 18.4. The van der Waals surface area contributed by atoms with Gasteiger partial charge in [0.25, 0.3) is 0 Å². The summed E-state index contributed by atoms with van der Waals surface area (Å²) < 4.78 is 21.0. The fourth-order valence-electron chi connectivity index (χ4n) is 4.25. The van der Waals surface area contributed by atoms with Crippen LogP contribution in [0.1, 0.15) is 62.5 Å². The summed E-state index contributed by atoms with van der Waals surface area (Å²) in [6, 6.07) is 15.8. The van der Waals surface area contributed by atoms with Crippen molar-refractivity contribution in [2.24, 2.45) is 0 Å². The number of carbonyl (C=O) groups is 2. The Labute approximate surface area is 225 Å². The summed E-state index contributed by atoms with van der Waals surface area (Å²) in [5, 5.41) is 24.0. The van der Waals surface area contributed by atoms with Gasteiger partial charge in [0.15, 0.2) is 0 Å². The van der Waals surface area contributed by atoms with Crippen molar-refractivity contribution in [1.82, 2.24) is 0 Å². The van der Waals surface area contributed by atoms with Gasteiger partial charge in [-0.3, -0.25) is 0 Å². The fourth-order valence-corrected chi connectivity index (χ4v) is 4.25. The molecule has 210 valence electrons. The van der Waals surface area contributed by atoms with Gasteiger partial charge in [0, 0.05) is 27.4 Å². The Kier molecular flexibility index (Phi) is 14.0. The van der Waals surface area contributed by atoms with Gasteiger partial charge in [0.2, 0.25) is 11.2 Å². The zero-order chi connectivity index (χ0) is 27.7. The normalized spacial score (nSPS) is 14.3. The van der Waals surface area contributed by atoms with E-state index in [9.17, 15) is 19.8 Å². The maximum Gasteiger partial charge on any atom is 0.347 e. The van der Waals surface area contributed by atoms with Gasteiger partial charge in [-0.2, -0.15) is 0 Å². The number of methoxy groups -OCH3 is 2. The predicted molar refractivity (Wildman–Crippen MR) is 143 cm³/mol. The third-order valence-corrected chi connectivity index (χ3v) is 6.45. The van der Waals surface area contributed by atoms with E-state index in [0.717, 1.165) is 38.5 Å². The molecule has 2 aromatic rings. The highest BCUT2D eigenvalue weighted by molar-refractivity contribution is 5.94. The Morgan fingerprint density at radius 2 is 0.868 bits per heavy atom. The molecule has 0 aromatic heterocycles. The Morgan fingerprint density at radius 3 is 1.18 bits per heavy atom. The van der Waals surface area contributed by atoms with Gasteiger partial charge >= 0.3 is 11.9 Å². The minimum atomic E-state index is -2.75. The highest BCUT2D eigenvalue weighted by atomic mass is 16.6. The SMILES string of the molecule is COCCCCCCOC(=O)C(O)(c1ccccc1)C(O)(C(=O)OCCCCCCOC)c1ccccc1. The summed E-state index contributed by atoms with van der Waals surface area (Å²) in [6.45, 7) is 1.38. The minimum Gasteiger partial charge on any atom is -0.463 e. The lowest BCUT2D eigenvalue weighted by molar-refractivity contribution is -0.220. The molecule has 0 aliphatic heterocycles. The highest BCUT2D eigenvalue weighted by Gasteiger charge is 2.64. The number of aliphatic hydroxyl groups is 2. The Morgan fingerprint density at radius 1 is 0.553 bits per heavy atom. The molecule has 0 heterocycles. The van der Waals surface area contributed by atoms with E-state index in [2.05, 4.69) is 0 Å². The van der Waals surface area contributed by atoms with Gasteiger partial charge in [0.05, 0.1) is 13.2 Å². The average Bonchev–Trinajstić information content (AvgIpc) is 2.96. The quantitative estimate of drug-likeness (QED) is 0.205. The Bertz CT molecular complexity index is 858. The topological polar surface area (TPSA) is 112 Å². The monoisotopic (exact) mass is 530 g/mol. The second-order valence-corrected chi connectivity index (χ2v) is 9.24. The third-order valence-electron chi connectivity index (χ3n) is 6.45. The van der Waals surface area contributed by atoms with Crippen LogP contribution in [-0.2, 0) is 39.7 Å². The second-order valence-electron chi connectivity index (χ2n) is 9.24. The smallest absolute Gasteiger partial charge is 0.347 e. The molecule has 0 amide bonds. The number of hydrogen-bond acceptors (Lipinski definition) is 8. The van der Waals surface area contributed by atoms with Crippen LogP contribution in [0.3, 0.4) is 0 Å². The number of unbranched alkanes of at least 4 members (excludes halogenated alkanes) is 6. The first-order valence-corrected chi connectivity index (χ1v) is 13.3. The molecule has 0 saturated carbocycles. The molecule has 8 heteroatoms. The molecule has 2 N–H and O–H groups in total. The zero-order valence-corrected chi connectivity index (χ0v) is 22.6. The van der Waals surface area contributed by atoms with E-state index in [1.807, 2.05) is 0 Å².